The highest BCUT2D eigenvalue weighted by Gasteiger charge is 2.11. The Morgan fingerprint density at radius 1 is 0.931 bits per heavy atom. The summed E-state index contributed by atoms with van der Waals surface area (Å²) in [5.41, 5.74) is 2.19. The van der Waals surface area contributed by atoms with Crippen LogP contribution in [0.15, 0.2) is 82.1 Å². The van der Waals surface area contributed by atoms with Crippen molar-refractivity contribution in [3.8, 4) is 5.69 Å². The Labute approximate surface area is 174 Å². The van der Waals surface area contributed by atoms with Gasteiger partial charge in [0.05, 0.1) is 22.2 Å². The van der Waals surface area contributed by atoms with Crippen LogP contribution in [-0.2, 0) is 0 Å². The molecule has 1 N–H and O–H groups in total. The number of carboxylic acid groups (broad SMARTS) is 1. The molecule has 3 aromatic carbocycles. The third-order valence-corrected chi connectivity index (χ3v) is 5.00. The van der Waals surface area contributed by atoms with Crippen molar-refractivity contribution in [2.75, 3.05) is 0 Å². The number of carboxylic acids is 1. The van der Waals surface area contributed by atoms with Gasteiger partial charge in [-0.2, -0.15) is 0 Å². The van der Waals surface area contributed by atoms with Crippen molar-refractivity contribution in [3.05, 3.63) is 105 Å². The number of nitrogens with zero attached hydrogens (tertiary/aromatic N) is 2. The molecule has 0 fully saturated rings. The van der Waals surface area contributed by atoms with Crippen molar-refractivity contribution in [1.29, 1.82) is 0 Å². The summed E-state index contributed by atoms with van der Waals surface area (Å²) in [5, 5.41) is 9.57. The fraction of sp³-hybridized carbons (Fsp3) is 0. The molecule has 0 spiro atoms. The molecule has 0 amide bonds. The van der Waals surface area contributed by atoms with Gasteiger partial charge in [0.2, 0.25) is 0 Å². The number of hydrogen-bond acceptors (Lipinski definition) is 3. The van der Waals surface area contributed by atoms with Gasteiger partial charge in [-0.25, -0.2) is 9.78 Å². The minimum atomic E-state index is -0.971. The smallest absolute Gasteiger partial charge is 0.335 e. The number of aromatic carboxylic acids is 1. The first kappa shape index (κ1) is 18.8. The summed E-state index contributed by atoms with van der Waals surface area (Å²) in [6.07, 6.45) is 3.56. The molecule has 29 heavy (non-hydrogen) atoms. The van der Waals surface area contributed by atoms with Gasteiger partial charge in [-0.3, -0.25) is 9.36 Å². The van der Waals surface area contributed by atoms with Gasteiger partial charge in [0.25, 0.3) is 5.56 Å². The van der Waals surface area contributed by atoms with E-state index in [-0.39, 0.29) is 11.1 Å². The second-order valence-electron chi connectivity index (χ2n) is 6.36. The number of rotatable bonds is 4. The Morgan fingerprint density at radius 3 is 2.31 bits per heavy atom. The number of hydrogen-bond donors (Lipinski definition) is 1. The molecule has 1 heterocycles. The van der Waals surface area contributed by atoms with Gasteiger partial charge in [-0.15, -0.1) is 0 Å². The van der Waals surface area contributed by atoms with Crippen molar-refractivity contribution < 1.29 is 9.90 Å². The average Bonchev–Trinajstić information content (AvgIpc) is 2.73. The lowest BCUT2D eigenvalue weighted by Crippen LogP contribution is -2.22. The van der Waals surface area contributed by atoms with Gasteiger partial charge < -0.3 is 5.11 Å². The predicted molar refractivity (Wildman–Crippen MR) is 117 cm³/mol. The van der Waals surface area contributed by atoms with Crippen LogP contribution in [0.5, 0.6) is 0 Å². The molecule has 1 aromatic heterocycles. The highest BCUT2D eigenvalue weighted by atomic mass is 79.9. The highest BCUT2D eigenvalue weighted by Crippen LogP contribution is 2.18. The molecule has 4 rings (SSSR count). The number of para-hydroxylation sites is 1. The summed E-state index contributed by atoms with van der Waals surface area (Å²) in [6.45, 7) is 0. The van der Waals surface area contributed by atoms with Crippen LogP contribution in [0.25, 0.3) is 28.7 Å². The summed E-state index contributed by atoms with van der Waals surface area (Å²) in [7, 11) is 0. The van der Waals surface area contributed by atoms with E-state index in [0.717, 1.165) is 10.0 Å². The molecule has 0 saturated heterocycles. The first-order valence-corrected chi connectivity index (χ1v) is 9.61. The maximum atomic E-state index is 13.2. The molecule has 0 saturated carbocycles. The normalized spacial score (nSPS) is 11.2. The van der Waals surface area contributed by atoms with Crippen LogP contribution in [-0.4, -0.2) is 20.6 Å². The third kappa shape index (κ3) is 3.88. The lowest BCUT2D eigenvalue weighted by molar-refractivity contribution is 0.0697. The Morgan fingerprint density at radius 2 is 1.62 bits per heavy atom. The molecule has 4 aromatic rings. The van der Waals surface area contributed by atoms with Crippen LogP contribution in [0, 0.1) is 0 Å². The second-order valence-corrected chi connectivity index (χ2v) is 7.28. The molecule has 5 nitrogen and oxygen atoms in total. The molecule has 0 aliphatic rings. The maximum absolute atomic E-state index is 13.2. The highest BCUT2D eigenvalue weighted by molar-refractivity contribution is 9.10. The van der Waals surface area contributed by atoms with Gasteiger partial charge in [-0.05, 0) is 60.2 Å². The minimum Gasteiger partial charge on any atom is -0.478 e. The monoisotopic (exact) mass is 446 g/mol. The summed E-state index contributed by atoms with van der Waals surface area (Å²) in [5.74, 6) is -0.487. The van der Waals surface area contributed by atoms with E-state index in [2.05, 4.69) is 20.9 Å². The maximum Gasteiger partial charge on any atom is 0.335 e. The number of benzene rings is 3. The number of fused-ring (bicyclic) bond motifs is 1. The van der Waals surface area contributed by atoms with Crippen LogP contribution >= 0.6 is 15.9 Å². The van der Waals surface area contributed by atoms with Gasteiger partial charge in [-0.1, -0.05) is 46.3 Å². The van der Waals surface area contributed by atoms with E-state index in [4.69, 9.17) is 5.11 Å². The van der Waals surface area contributed by atoms with Crippen molar-refractivity contribution in [3.63, 3.8) is 0 Å². The molecular formula is C23H15BrN2O3. The SMILES string of the molecule is O=C(O)c1ccc(/C=C/c2nc3ccccc3c(=O)n2-c2ccc(Br)cc2)cc1. The predicted octanol–water partition coefficient (Wildman–Crippen LogP) is 5.02. The lowest BCUT2D eigenvalue weighted by atomic mass is 10.1. The van der Waals surface area contributed by atoms with E-state index in [0.29, 0.717) is 22.4 Å². The zero-order chi connectivity index (χ0) is 20.4. The zero-order valence-corrected chi connectivity index (χ0v) is 16.7. The topological polar surface area (TPSA) is 72.2 Å². The van der Waals surface area contributed by atoms with Crippen LogP contribution in [0.2, 0.25) is 0 Å². The largest absolute Gasteiger partial charge is 0.478 e. The van der Waals surface area contributed by atoms with Gasteiger partial charge >= 0.3 is 5.97 Å². The van der Waals surface area contributed by atoms with Gasteiger partial charge in [0.1, 0.15) is 5.82 Å². The van der Waals surface area contributed by atoms with E-state index in [1.165, 1.54) is 12.1 Å². The quantitative estimate of drug-likeness (QED) is 0.477. The van der Waals surface area contributed by atoms with Crippen LogP contribution in [0.1, 0.15) is 21.7 Å². The minimum absolute atomic E-state index is 0.154. The summed E-state index contributed by atoms with van der Waals surface area (Å²) >= 11 is 3.41. The van der Waals surface area contributed by atoms with E-state index < -0.39 is 5.97 Å². The molecule has 0 aliphatic carbocycles. The first-order valence-electron chi connectivity index (χ1n) is 8.82. The van der Waals surface area contributed by atoms with E-state index >= 15 is 0 Å². The van der Waals surface area contributed by atoms with Gasteiger partial charge in [0, 0.05) is 4.47 Å². The molecule has 0 bridgehead atoms. The molecule has 0 radical (unpaired) electrons. The first-order chi connectivity index (χ1) is 14.0. The fourth-order valence-electron chi connectivity index (χ4n) is 3.01. The van der Waals surface area contributed by atoms with Crippen molar-refractivity contribution in [2.45, 2.75) is 0 Å². The van der Waals surface area contributed by atoms with Crippen LogP contribution < -0.4 is 5.56 Å². The zero-order valence-electron chi connectivity index (χ0n) is 15.1. The molecule has 0 aliphatic heterocycles. The Bertz CT molecular complexity index is 1290. The fourth-order valence-corrected chi connectivity index (χ4v) is 3.27. The molecule has 142 valence electrons. The van der Waals surface area contributed by atoms with Crippen molar-refractivity contribution >= 4 is 45.0 Å². The molecule has 6 heteroatoms. The number of halogens is 1. The summed E-state index contributed by atoms with van der Waals surface area (Å²) in [6, 6.07) is 21.2. The lowest BCUT2D eigenvalue weighted by Gasteiger charge is -2.11. The Balaban J connectivity index is 1.86. The third-order valence-electron chi connectivity index (χ3n) is 4.47. The van der Waals surface area contributed by atoms with E-state index in [1.807, 2.05) is 42.5 Å². The molecule has 0 unspecified atom stereocenters. The summed E-state index contributed by atoms with van der Waals surface area (Å²) < 4.78 is 2.48. The van der Waals surface area contributed by atoms with E-state index in [9.17, 15) is 9.59 Å². The number of carbonyl (C=O) groups is 1. The average molecular weight is 447 g/mol. The van der Waals surface area contributed by atoms with Crippen LogP contribution in [0.3, 0.4) is 0 Å². The van der Waals surface area contributed by atoms with Crippen molar-refractivity contribution in [1.82, 2.24) is 9.55 Å². The second kappa shape index (κ2) is 7.85. The van der Waals surface area contributed by atoms with E-state index in [1.54, 1.807) is 34.9 Å². The van der Waals surface area contributed by atoms with Gasteiger partial charge in [0.15, 0.2) is 0 Å². The van der Waals surface area contributed by atoms with Crippen LogP contribution in [0.4, 0.5) is 0 Å². The standard InChI is InChI=1S/C23H15BrN2O3/c24-17-10-12-18(13-11-17)26-21(25-20-4-2-1-3-19(20)22(26)27)14-7-15-5-8-16(9-6-15)23(28)29/h1-14H,(H,28,29)/b14-7+. The summed E-state index contributed by atoms with van der Waals surface area (Å²) in [4.78, 5) is 28.9. The molecular weight excluding hydrogens is 432 g/mol. The number of aromatic nitrogens is 2. The Kier molecular flexibility index (Phi) is 5.10. The van der Waals surface area contributed by atoms with Crippen molar-refractivity contribution in [2.24, 2.45) is 0 Å². The molecule has 0 atom stereocenters. The Hall–Kier alpha value is -3.51.